The quantitative estimate of drug-likeness (QED) is 0.623. The molecule has 0 atom stereocenters. The highest BCUT2D eigenvalue weighted by Crippen LogP contribution is 2.39. The molecular formula is C17H17BrN2O5S. The van der Waals surface area contributed by atoms with E-state index < -0.39 is 10.0 Å². The molecule has 9 heteroatoms. The first-order valence-corrected chi connectivity index (χ1v) is 10.0. The lowest BCUT2D eigenvalue weighted by Gasteiger charge is -2.12. The second-order valence-electron chi connectivity index (χ2n) is 5.43. The topological polar surface area (TPSA) is 90.7 Å². The Morgan fingerprint density at radius 1 is 1.19 bits per heavy atom. The highest BCUT2D eigenvalue weighted by Gasteiger charge is 2.25. The summed E-state index contributed by atoms with van der Waals surface area (Å²) < 4.78 is 44.8. The molecule has 1 aromatic heterocycles. The average Bonchev–Trinajstić information content (AvgIpc) is 3.03. The molecule has 2 aromatic carbocycles. The molecule has 26 heavy (non-hydrogen) atoms. The predicted molar refractivity (Wildman–Crippen MR) is 101 cm³/mol. The zero-order valence-corrected chi connectivity index (χ0v) is 16.8. The van der Waals surface area contributed by atoms with Gasteiger partial charge in [-0.3, -0.25) is 4.72 Å². The molecule has 0 amide bonds. The van der Waals surface area contributed by atoms with Gasteiger partial charge in [0.2, 0.25) is 0 Å². The zero-order chi connectivity index (χ0) is 18.9. The van der Waals surface area contributed by atoms with Crippen LogP contribution in [0.4, 0.5) is 5.82 Å². The van der Waals surface area contributed by atoms with E-state index in [1.807, 2.05) is 13.0 Å². The molecule has 0 saturated heterocycles. The second-order valence-corrected chi connectivity index (χ2v) is 7.93. The van der Waals surface area contributed by atoms with E-state index in [0.717, 1.165) is 5.56 Å². The monoisotopic (exact) mass is 440 g/mol. The van der Waals surface area contributed by atoms with Gasteiger partial charge >= 0.3 is 0 Å². The first-order chi connectivity index (χ1) is 12.4. The Labute approximate surface area is 159 Å². The number of nitrogens with one attached hydrogen (secondary N) is 1. The maximum absolute atomic E-state index is 13.0. The van der Waals surface area contributed by atoms with Crippen LogP contribution in [0.3, 0.4) is 0 Å². The molecule has 0 saturated carbocycles. The maximum Gasteiger partial charge on any atom is 0.266 e. The SMILES string of the molecule is CCc1ccc(OC)c(S(=O)(=O)Nc2noc3ccc(Br)c(OC)c23)c1. The first kappa shape index (κ1) is 18.5. The summed E-state index contributed by atoms with van der Waals surface area (Å²) in [4.78, 5) is 0.0319. The number of rotatable bonds is 6. The summed E-state index contributed by atoms with van der Waals surface area (Å²) in [6.45, 7) is 1.94. The molecule has 3 rings (SSSR count). The van der Waals surface area contributed by atoms with Crippen LogP contribution >= 0.6 is 15.9 Å². The number of nitrogens with zero attached hydrogens (tertiary/aromatic N) is 1. The lowest BCUT2D eigenvalue weighted by molar-refractivity contribution is 0.402. The average molecular weight is 441 g/mol. The molecule has 3 aromatic rings. The van der Waals surface area contributed by atoms with Crippen LogP contribution in [0, 0.1) is 0 Å². The van der Waals surface area contributed by atoms with Crippen LogP contribution in [0.5, 0.6) is 11.5 Å². The number of ether oxygens (including phenoxy) is 2. The van der Waals surface area contributed by atoms with Gasteiger partial charge in [0.15, 0.2) is 11.4 Å². The number of hydrogen-bond donors (Lipinski definition) is 1. The van der Waals surface area contributed by atoms with Crippen LogP contribution < -0.4 is 14.2 Å². The normalized spacial score (nSPS) is 11.5. The number of aryl methyl sites for hydroxylation is 1. The van der Waals surface area contributed by atoms with Crippen molar-refractivity contribution in [3.05, 3.63) is 40.4 Å². The molecule has 0 aliphatic carbocycles. The van der Waals surface area contributed by atoms with Crippen LogP contribution in [0.25, 0.3) is 11.0 Å². The minimum Gasteiger partial charge on any atom is -0.495 e. The Balaban J connectivity index is 2.12. The summed E-state index contributed by atoms with van der Waals surface area (Å²) in [5.41, 5.74) is 1.27. The van der Waals surface area contributed by atoms with E-state index >= 15 is 0 Å². The van der Waals surface area contributed by atoms with Gasteiger partial charge in [-0.2, -0.15) is 0 Å². The Morgan fingerprint density at radius 3 is 2.62 bits per heavy atom. The molecule has 0 unspecified atom stereocenters. The van der Waals surface area contributed by atoms with Crippen molar-refractivity contribution in [1.29, 1.82) is 0 Å². The molecule has 0 radical (unpaired) electrons. The predicted octanol–water partition coefficient (Wildman–Crippen LogP) is 3.97. The molecule has 1 heterocycles. The molecule has 0 aliphatic rings. The fourth-order valence-corrected chi connectivity index (χ4v) is 4.30. The number of aromatic nitrogens is 1. The summed E-state index contributed by atoms with van der Waals surface area (Å²) in [5.74, 6) is 0.716. The molecule has 0 spiro atoms. The maximum atomic E-state index is 13.0. The third kappa shape index (κ3) is 3.24. The van der Waals surface area contributed by atoms with Crippen LogP contribution in [-0.2, 0) is 16.4 Å². The van der Waals surface area contributed by atoms with Gasteiger partial charge in [0.05, 0.1) is 18.7 Å². The van der Waals surface area contributed by atoms with E-state index in [4.69, 9.17) is 14.0 Å². The summed E-state index contributed by atoms with van der Waals surface area (Å²) >= 11 is 3.37. The Kier molecular flexibility index (Phi) is 5.10. The number of benzene rings is 2. The minimum absolute atomic E-state index is 0.0319. The van der Waals surface area contributed by atoms with Crippen molar-refractivity contribution >= 4 is 42.7 Å². The summed E-state index contributed by atoms with van der Waals surface area (Å²) in [7, 11) is -1.05. The Bertz CT molecular complexity index is 1060. The van der Waals surface area contributed by atoms with Gasteiger partial charge in [-0.25, -0.2) is 8.42 Å². The lowest BCUT2D eigenvalue weighted by atomic mass is 10.2. The van der Waals surface area contributed by atoms with Crippen LogP contribution in [0.1, 0.15) is 12.5 Å². The molecule has 1 N–H and O–H groups in total. The van der Waals surface area contributed by atoms with E-state index in [9.17, 15) is 8.42 Å². The lowest BCUT2D eigenvalue weighted by Crippen LogP contribution is -2.15. The van der Waals surface area contributed by atoms with Crippen molar-refractivity contribution in [1.82, 2.24) is 5.16 Å². The van der Waals surface area contributed by atoms with Gasteiger partial charge in [0, 0.05) is 0 Å². The van der Waals surface area contributed by atoms with Crippen LogP contribution in [0.15, 0.2) is 44.2 Å². The molecule has 7 nitrogen and oxygen atoms in total. The van der Waals surface area contributed by atoms with Crippen molar-refractivity contribution in [2.24, 2.45) is 0 Å². The standard InChI is InChI=1S/C17H17BrN2O5S/c1-4-10-5-7-12(23-2)14(9-10)26(21,22)20-17-15-13(25-19-17)8-6-11(18)16(15)24-3/h5-9H,4H2,1-3H3,(H,19,20). The zero-order valence-electron chi connectivity index (χ0n) is 14.4. The number of fused-ring (bicyclic) bond motifs is 1. The number of anilines is 1. The number of methoxy groups -OCH3 is 2. The fraction of sp³-hybridized carbons (Fsp3) is 0.235. The van der Waals surface area contributed by atoms with E-state index in [-0.39, 0.29) is 16.5 Å². The molecule has 0 fully saturated rings. The summed E-state index contributed by atoms with van der Waals surface area (Å²) in [6, 6.07) is 8.44. The number of halogens is 1. The first-order valence-electron chi connectivity index (χ1n) is 7.72. The third-order valence-corrected chi connectivity index (χ3v) is 5.89. The van der Waals surface area contributed by atoms with Crippen LogP contribution in [-0.4, -0.2) is 27.8 Å². The van der Waals surface area contributed by atoms with Gasteiger partial charge < -0.3 is 14.0 Å². The van der Waals surface area contributed by atoms with E-state index in [0.29, 0.717) is 27.6 Å². The molecule has 138 valence electrons. The third-order valence-electron chi connectivity index (χ3n) is 3.90. The van der Waals surface area contributed by atoms with E-state index in [2.05, 4.69) is 25.8 Å². The highest BCUT2D eigenvalue weighted by atomic mass is 79.9. The Hall–Kier alpha value is -2.26. The van der Waals surface area contributed by atoms with Crippen LogP contribution in [0.2, 0.25) is 0 Å². The minimum atomic E-state index is -3.96. The van der Waals surface area contributed by atoms with Gasteiger partial charge in [0.25, 0.3) is 10.0 Å². The number of sulfonamides is 1. The van der Waals surface area contributed by atoms with E-state index in [1.165, 1.54) is 14.2 Å². The number of hydrogen-bond acceptors (Lipinski definition) is 6. The van der Waals surface area contributed by atoms with Gasteiger partial charge in [0.1, 0.15) is 21.8 Å². The van der Waals surface area contributed by atoms with Crippen molar-refractivity contribution in [2.75, 3.05) is 18.9 Å². The van der Waals surface area contributed by atoms with Crippen molar-refractivity contribution in [3.8, 4) is 11.5 Å². The Morgan fingerprint density at radius 2 is 1.96 bits per heavy atom. The van der Waals surface area contributed by atoms with Gasteiger partial charge in [-0.05, 0) is 52.2 Å². The van der Waals surface area contributed by atoms with Crippen molar-refractivity contribution in [3.63, 3.8) is 0 Å². The summed E-state index contributed by atoms with van der Waals surface area (Å²) in [5, 5.41) is 4.27. The van der Waals surface area contributed by atoms with Crippen molar-refractivity contribution < 1.29 is 22.4 Å². The molecule has 0 aliphatic heterocycles. The largest absolute Gasteiger partial charge is 0.495 e. The molecular weight excluding hydrogens is 424 g/mol. The van der Waals surface area contributed by atoms with E-state index in [1.54, 1.807) is 24.3 Å². The van der Waals surface area contributed by atoms with Crippen molar-refractivity contribution in [2.45, 2.75) is 18.2 Å². The molecule has 0 bridgehead atoms. The fourth-order valence-electron chi connectivity index (χ4n) is 2.58. The smallest absolute Gasteiger partial charge is 0.266 e. The second kappa shape index (κ2) is 7.16. The summed E-state index contributed by atoms with van der Waals surface area (Å²) in [6.07, 6.45) is 0.695. The van der Waals surface area contributed by atoms with Gasteiger partial charge in [-0.15, -0.1) is 0 Å². The highest BCUT2D eigenvalue weighted by molar-refractivity contribution is 9.10. The van der Waals surface area contributed by atoms with Gasteiger partial charge in [-0.1, -0.05) is 18.1 Å².